The second-order valence-electron chi connectivity index (χ2n) is 8.33. The Kier molecular flexibility index (Phi) is 5.88. The lowest BCUT2D eigenvalue weighted by atomic mass is 10.0. The number of aryl methyl sites for hydroxylation is 1. The van der Waals surface area contributed by atoms with Crippen LogP contribution in [0.15, 0.2) is 66.7 Å². The molecule has 5 rings (SSSR count). The van der Waals surface area contributed by atoms with Crippen LogP contribution in [0.1, 0.15) is 50.3 Å². The van der Waals surface area contributed by atoms with E-state index in [1.807, 2.05) is 22.7 Å². The Bertz CT molecular complexity index is 1220. The number of hydrogen-bond donors (Lipinski definition) is 0. The summed E-state index contributed by atoms with van der Waals surface area (Å²) < 4.78 is 1.39. The number of benzene rings is 3. The van der Waals surface area contributed by atoms with Gasteiger partial charge >= 0.3 is 0 Å². The van der Waals surface area contributed by atoms with Crippen molar-refractivity contribution in [2.45, 2.75) is 51.9 Å². The van der Waals surface area contributed by atoms with Gasteiger partial charge in [-0.15, -0.1) is 22.7 Å². The van der Waals surface area contributed by atoms with Crippen LogP contribution >= 0.6 is 22.7 Å². The maximum absolute atomic E-state index is 2.38. The van der Waals surface area contributed by atoms with Crippen LogP contribution in [0.4, 0.5) is 0 Å². The van der Waals surface area contributed by atoms with Gasteiger partial charge in [-0.05, 0) is 82.2 Å². The minimum absolute atomic E-state index is 1.23. The average molecular weight is 429 g/mol. The fourth-order valence-corrected chi connectivity index (χ4v) is 6.55. The molecule has 0 spiro atoms. The molecule has 0 aliphatic heterocycles. The molecule has 0 saturated heterocycles. The van der Waals surface area contributed by atoms with Gasteiger partial charge in [0, 0.05) is 19.3 Å². The van der Waals surface area contributed by atoms with Crippen LogP contribution in [0.5, 0.6) is 0 Å². The second-order valence-corrected chi connectivity index (χ2v) is 10.6. The van der Waals surface area contributed by atoms with Gasteiger partial charge in [0.05, 0.1) is 0 Å². The van der Waals surface area contributed by atoms with Crippen LogP contribution in [-0.2, 0) is 6.42 Å². The van der Waals surface area contributed by atoms with E-state index in [1.54, 1.807) is 0 Å². The summed E-state index contributed by atoms with van der Waals surface area (Å²) >= 11 is 3.92. The van der Waals surface area contributed by atoms with E-state index in [1.165, 1.54) is 91.2 Å². The van der Waals surface area contributed by atoms with Crippen LogP contribution < -0.4 is 0 Å². The highest BCUT2D eigenvalue weighted by atomic mass is 32.1. The molecule has 0 N–H and O–H groups in total. The van der Waals surface area contributed by atoms with Gasteiger partial charge in [-0.25, -0.2) is 0 Å². The molecule has 0 fully saturated rings. The summed E-state index contributed by atoms with van der Waals surface area (Å²) in [6, 6.07) is 25.1. The number of hydrogen-bond acceptors (Lipinski definition) is 2. The highest BCUT2D eigenvalue weighted by Gasteiger charge is 2.09. The first kappa shape index (κ1) is 19.8. The molecule has 0 unspecified atom stereocenters. The number of thiophene rings is 2. The van der Waals surface area contributed by atoms with E-state index in [4.69, 9.17) is 0 Å². The molecule has 152 valence electrons. The Hall–Kier alpha value is -2.16. The molecule has 0 nitrogen and oxygen atoms in total. The van der Waals surface area contributed by atoms with Crippen molar-refractivity contribution in [1.82, 2.24) is 0 Å². The summed E-state index contributed by atoms with van der Waals surface area (Å²) in [7, 11) is 0. The zero-order valence-corrected chi connectivity index (χ0v) is 19.3. The van der Waals surface area contributed by atoms with Gasteiger partial charge < -0.3 is 0 Å². The van der Waals surface area contributed by atoms with Crippen molar-refractivity contribution >= 4 is 54.3 Å². The third-order valence-corrected chi connectivity index (χ3v) is 8.46. The molecule has 3 aromatic carbocycles. The van der Waals surface area contributed by atoms with Crippen LogP contribution in [0.3, 0.4) is 0 Å². The van der Waals surface area contributed by atoms with Crippen LogP contribution in [-0.4, -0.2) is 0 Å². The molecule has 5 aromatic rings. The maximum Gasteiger partial charge on any atom is 0.0455 e. The Labute approximate surface area is 187 Å². The SMILES string of the molecule is CCCCCCCCc1ccc(-c2cc3cc4cc5ccccc5cc4cc3s2)s1. The van der Waals surface area contributed by atoms with E-state index in [-0.39, 0.29) is 0 Å². The first-order valence-electron chi connectivity index (χ1n) is 11.3. The molecule has 30 heavy (non-hydrogen) atoms. The van der Waals surface area contributed by atoms with Crippen molar-refractivity contribution in [3.63, 3.8) is 0 Å². The van der Waals surface area contributed by atoms with E-state index in [2.05, 4.69) is 73.7 Å². The molecular weight excluding hydrogens is 400 g/mol. The minimum atomic E-state index is 1.23. The molecule has 0 aliphatic rings. The smallest absolute Gasteiger partial charge is 0.0455 e. The Morgan fingerprint density at radius 1 is 0.567 bits per heavy atom. The van der Waals surface area contributed by atoms with E-state index in [9.17, 15) is 0 Å². The maximum atomic E-state index is 2.38. The molecule has 2 heteroatoms. The van der Waals surface area contributed by atoms with Crippen molar-refractivity contribution in [1.29, 1.82) is 0 Å². The molecule has 0 aliphatic carbocycles. The summed E-state index contributed by atoms with van der Waals surface area (Å²) in [5.41, 5.74) is 0. The van der Waals surface area contributed by atoms with Gasteiger partial charge in [0.1, 0.15) is 0 Å². The molecule has 2 aromatic heterocycles. The number of fused-ring (bicyclic) bond motifs is 3. The van der Waals surface area contributed by atoms with Crippen molar-refractivity contribution in [3.05, 3.63) is 71.6 Å². The third-order valence-electron chi connectivity index (χ3n) is 6.02. The average Bonchev–Trinajstić information content (AvgIpc) is 3.39. The lowest BCUT2D eigenvalue weighted by Crippen LogP contribution is -1.82. The van der Waals surface area contributed by atoms with Crippen molar-refractivity contribution in [2.75, 3.05) is 0 Å². The van der Waals surface area contributed by atoms with Crippen molar-refractivity contribution in [3.8, 4) is 9.75 Å². The standard InChI is InChI=1S/C28H28S2/c1-2-3-4-5-6-7-12-25-13-14-26(29-25)28-19-24-17-22-15-20-10-8-9-11-21(20)16-23(22)18-27(24)30-28/h8-11,13-19H,2-7,12H2,1H3. The minimum Gasteiger partial charge on any atom is -0.139 e. The summed E-state index contributed by atoms with van der Waals surface area (Å²) in [4.78, 5) is 4.37. The summed E-state index contributed by atoms with van der Waals surface area (Å²) in [5, 5.41) is 6.67. The van der Waals surface area contributed by atoms with Gasteiger partial charge in [0.2, 0.25) is 0 Å². The quantitative estimate of drug-likeness (QED) is 0.170. The predicted molar refractivity (Wildman–Crippen MR) is 137 cm³/mol. The zero-order valence-electron chi connectivity index (χ0n) is 17.6. The number of unbranched alkanes of at least 4 members (excludes halogenated alkanes) is 5. The zero-order chi connectivity index (χ0) is 20.3. The van der Waals surface area contributed by atoms with Gasteiger partial charge in [-0.2, -0.15) is 0 Å². The number of rotatable bonds is 8. The van der Waals surface area contributed by atoms with Gasteiger partial charge in [-0.1, -0.05) is 63.3 Å². The van der Waals surface area contributed by atoms with E-state index in [0.29, 0.717) is 0 Å². The fraction of sp³-hybridized carbons (Fsp3) is 0.286. The fourth-order valence-electron chi connectivity index (χ4n) is 4.32. The van der Waals surface area contributed by atoms with Gasteiger partial charge in [0.25, 0.3) is 0 Å². The highest BCUT2D eigenvalue weighted by molar-refractivity contribution is 7.26. The third kappa shape index (κ3) is 4.17. The molecular formula is C28H28S2. The van der Waals surface area contributed by atoms with E-state index >= 15 is 0 Å². The molecule has 0 bridgehead atoms. The highest BCUT2D eigenvalue weighted by Crippen LogP contribution is 2.39. The van der Waals surface area contributed by atoms with Crippen LogP contribution in [0.25, 0.3) is 41.4 Å². The summed E-state index contributed by atoms with van der Waals surface area (Å²) in [6.07, 6.45) is 9.45. The monoisotopic (exact) mass is 428 g/mol. The lowest BCUT2D eigenvalue weighted by molar-refractivity contribution is 0.609. The molecule has 0 atom stereocenters. The summed E-state index contributed by atoms with van der Waals surface area (Å²) in [5.74, 6) is 0. The van der Waals surface area contributed by atoms with Crippen molar-refractivity contribution in [2.24, 2.45) is 0 Å². The van der Waals surface area contributed by atoms with E-state index < -0.39 is 0 Å². The van der Waals surface area contributed by atoms with Crippen LogP contribution in [0, 0.1) is 0 Å². The van der Waals surface area contributed by atoms with Crippen molar-refractivity contribution < 1.29 is 0 Å². The Morgan fingerprint density at radius 3 is 2.07 bits per heavy atom. The van der Waals surface area contributed by atoms with Gasteiger partial charge in [-0.3, -0.25) is 0 Å². The normalized spacial score (nSPS) is 11.8. The molecule has 0 saturated carbocycles. The Morgan fingerprint density at radius 2 is 1.27 bits per heavy atom. The topological polar surface area (TPSA) is 0 Å². The molecule has 0 radical (unpaired) electrons. The lowest BCUT2D eigenvalue weighted by Gasteiger charge is -2.02. The van der Waals surface area contributed by atoms with E-state index in [0.717, 1.165) is 0 Å². The molecule has 2 heterocycles. The first-order chi connectivity index (χ1) is 14.8. The van der Waals surface area contributed by atoms with Crippen LogP contribution in [0.2, 0.25) is 0 Å². The van der Waals surface area contributed by atoms with Gasteiger partial charge in [0.15, 0.2) is 0 Å². The largest absolute Gasteiger partial charge is 0.139 e. The summed E-state index contributed by atoms with van der Waals surface area (Å²) in [6.45, 7) is 2.28. The molecule has 0 amide bonds. The Balaban J connectivity index is 1.36. The first-order valence-corrected chi connectivity index (χ1v) is 12.9. The second kappa shape index (κ2) is 8.91. The predicted octanol–water partition coefficient (Wildman–Crippen LogP) is 9.84.